The molecule has 0 heterocycles. The van der Waals surface area contributed by atoms with Crippen molar-refractivity contribution in [2.24, 2.45) is 5.14 Å². The molecular weight excluding hydrogens is 344 g/mol. The van der Waals surface area contributed by atoms with Gasteiger partial charge in [0.15, 0.2) is 6.61 Å². The number of amides is 1. The molecule has 2 aromatic rings. The molecule has 0 saturated carbocycles. The van der Waals surface area contributed by atoms with Crippen LogP contribution in [0.3, 0.4) is 0 Å². The van der Waals surface area contributed by atoms with E-state index >= 15 is 0 Å². The second-order valence-electron chi connectivity index (χ2n) is 5.45. The van der Waals surface area contributed by atoms with Crippen molar-refractivity contribution < 1.29 is 22.7 Å². The van der Waals surface area contributed by atoms with Crippen molar-refractivity contribution in [3.05, 3.63) is 47.5 Å². The molecule has 0 aliphatic rings. The van der Waals surface area contributed by atoms with Crippen LogP contribution in [0.5, 0.6) is 11.5 Å². The van der Waals surface area contributed by atoms with Crippen molar-refractivity contribution in [1.29, 1.82) is 0 Å². The zero-order valence-electron chi connectivity index (χ0n) is 14.2. The minimum atomic E-state index is -3.98. The summed E-state index contributed by atoms with van der Waals surface area (Å²) >= 11 is 0. The molecule has 0 bridgehead atoms. The van der Waals surface area contributed by atoms with Gasteiger partial charge in [-0.25, -0.2) is 13.6 Å². The third-order valence-corrected chi connectivity index (χ3v) is 4.60. The number of rotatable bonds is 6. The minimum Gasteiger partial charge on any atom is -0.495 e. The molecule has 7 nitrogen and oxygen atoms in total. The number of ether oxygens (including phenoxy) is 2. The van der Waals surface area contributed by atoms with Crippen LogP contribution in [0.4, 0.5) is 5.69 Å². The monoisotopic (exact) mass is 364 g/mol. The Balaban J connectivity index is 2.09. The number of carbonyl (C=O) groups excluding carboxylic acids is 1. The van der Waals surface area contributed by atoms with Gasteiger partial charge in [0.05, 0.1) is 7.11 Å². The highest BCUT2D eigenvalue weighted by Gasteiger charge is 2.16. The van der Waals surface area contributed by atoms with E-state index in [0.29, 0.717) is 5.75 Å². The lowest BCUT2D eigenvalue weighted by molar-refractivity contribution is -0.118. The van der Waals surface area contributed by atoms with E-state index in [0.717, 1.165) is 11.1 Å². The topological polar surface area (TPSA) is 108 Å². The second-order valence-corrected chi connectivity index (χ2v) is 6.98. The lowest BCUT2D eigenvalue weighted by Crippen LogP contribution is -2.21. The number of hydrogen-bond acceptors (Lipinski definition) is 5. The Morgan fingerprint density at radius 3 is 2.52 bits per heavy atom. The van der Waals surface area contributed by atoms with Gasteiger partial charge in [0.2, 0.25) is 10.0 Å². The van der Waals surface area contributed by atoms with Crippen molar-refractivity contribution >= 4 is 21.6 Å². The van der Waals surface area contributed by atoms with Gasteiger partial charge in [0.25, 0.3) is 5.91 Å². The maximum absolute atomic E-state index is 12.0. The summed E-state index contributed by atoms with van der Waals surface area (Å²) in [4.78, 5) is 11.8. The summed E-state index contributed by atoms with van der Waals surface area (Å²) in [7, 11) is -2.64. The molecule has 0 aliphatic carbocycles. The Bertz CT molecular complexity index is 894. The number of aryl methyl sites for hydroxylation is 1. The van der Waals surface area contributed by atoms with Crippen molar-refractivity contribution in [1.82, 2.24) is 0 Å². The molecule has 2 rings (SSSR count). The fourth-order valence-electron chi connectivity index (χ4n) is 2.20. The predicted molar refractivity (Wildman–Crippen MR) is 94.4 cm³/mol. The lowest BCUT2D eigenvalue weighted by atomic mass is 10.1. The van der Waals surface area contributed by atoms with Gasteiger partial charge in [-0.05, 0) is 49.2 Å². The van der Waals surface area contributed by atoms with E-state index in [1.54, 1.807) is 6.07 Å². The van der Waals surface area contributed by atoms with Gasteiger partial charge in [0, 0.05) is 5.69 Å². The molecule has 8 heteroatoms. The zero-order chi connectivity index (χ0) is 18.6. The van der Waals surface area contributed by atoms with Gasteiger partial charge in [-0.1, -0.05) is 12.1 Å². The number of methoxy groups -OCH3 is 1. The van der Waals surface area contributed by atoms with E-state index in [1.807, 2.05) is 26.0 Å². The van der Waals surface area contributed by atoms with Gasteiger partial charge < -0.3 is 14.8 Å². The molecule has 0 aliphatic heterocycles. The molecule has 1 amide bonds. The molecule has 0 unspecified atom stereocenters. The Kier molecular flexibility index (Phi) is 5.66. The summed E-state index contributed by atoms with van der Waals surface area (Å²) < 4.78 is 33.7. The fourth-order valence-corrected chi connectivity index (χ4v) is 2.92. The third-order valence-electron chi connectivity index (χ3n) is 3.67. The van der Waals surface area contributed by atoms with E-state index in [2.05, 4.69) is 5.32 Å². The van der Waals surface area contributed by atoms with Gasteiger partial charge >= 0.3 is 0 Å². The predicted octanol–water partition coefficient (Wildman–Crippen LogP) is 1.98. The average Bonchev–Trinajstić information content (AvgIpc) is 2.55. The summed E-state index contributed by atoms with van der Waals surface area (Å²) in [5.41, 5.74) is 2.29. The number of sulfonamides is 1. The maximum Gasteiger partial charge on any atom is 0.262 e. The van der Waals surface area contributed by atoms with Gasteiger partial charge in [-0.3, -0.25) is 4.79 Å². The molecule has 134 valence electrons. The third kappa shape index (κ3) is 4.71. The molecule has 0 saturated heterocycles. The summed E-state index contributed by atoms with van der Waals surface area (Å²) in [5, 5.41) is 7.72. The summed E-state index contributed by atoms with van der Waals surface area (Å²) in [5.74, 6) is 0.300. The lowest BCUT2D eigenvalue weighted by Gasteiger charge is -2.12. The quantitative estimate of drug-likeness (QED) is 0.815. The van der Waals surface area contributed by atoms with Gasteiger partial charge in [0.1, 0.15) is 16.4 Å². The molecule has 3 N–H and O–H groups in total. The average molecular weight is 364 g/mol. The SMILES string of the molecule is COc1ccc(NC(=O)COc2cccc(C)c2C)cc1S(N)(=O)=O. The Labute approximate surface area is 146 Å². The first-order chi connectivity index (χ1) is 11.7. The normalized spacial score (nSPS) is 11.0. The number of anilines is 1. The highest BCUT2D eigenvalue weighted by Crippen LogP contribution is 2.26. The van der Waals surface area contributed by atoms with Crippen LogP contribution in [-0.4, -0.2) is 28.0 Å². The number of nitrogens with one attached hydrogen (secondary N) is 1. The Hall–Kier alpha value is -2.58. The number of primary sulfonamides is 1. The van der Waals surface area contributed by atoms with Crippen molar-refractivity contribution in [3.63, 3.8) is 0 Å². The van der Waals surface area contributed by atoms with E-state index in [4.69, 9.17) is 14.6 Å². The van der Waals surface area contributed by atoms with E-state index in [1.165, 1.54) is 25.3 Å². The molecular formula is C17H20N2O5S. The van der Waals surface area contributed by atoms with Crippen LogP contribution in [0.2, 0.25) is 0 Å². The van der Waals surface area contributed by atoms with Gasteiger partial charge in [-0.15, -0.1) is 0 Å². The first kappa shape index (κ1) is 18.8. The van der Waals surface area contributed by atoms with E-state index in [9.17, 15) is 13.2 Å². The molecule has 0 spiro atoms. The maximum atomic E-state index is 12.0. The van der Waals surface area contributed by atoms with Crippen LogP contribution in [0, 0.1) is 13.8 Å². The van der Waals surface area contributed by atoms with Crippen LogP contribution in [0.1, 0.15) is 11.1 Å². The highest BCUT2D eigenvalue weighted by atomic mass is 32.2. The minimum absolute atomic E-state index is 0.104. The molecule has 0 radical (unpaired) electrons. The summed E-state index contributed by atoms with van der Waals surface area (Å²) in [6.45, 7) is 3.65. The van der Waals surface area contributed by atoms with Crippen LogP contribution in [0.15, 0.2) is 41.3 Å². The van der Waals surface area contributed by atoms with Crippen molar-refractivity contribution in [3.8, 4) is 11.5 Å². The van der Waals surface area contributed by atoms with E-state index in [-0.39, 0.29) is 22.9 Å². The first-order valence-electron chi connectivity index (χ1n) is 7.42. The van der Waals surface area contributed by atoms with Crippen LogP contribution >= 0.6 is 0 Å². The number of carbonyl (C=O) groups is 1. The standard InChI is InChI=1S/C17H20N2O5S/c1-11-5-4-6-14(12(11)2)24-10-17(20)19-13-7-8-15(23-3)16(9-13)25(18,21)22/h4-9H,10H2,1-3H3,(H,19,20)(H2,18,21,22). The first-order valence-corrected chi connectivity index (χ1v) is 8.96. The van der Waals surface area contributed by atoms with Crippen LogP contribution in [-0.2, 0) is 14.8 Å². The highest BCUT2D eigenvalue weighted by molar-refractivity contribution is 7.89. The largest absolute Gasteiger partial charge is 0.495 e. The summed E-state index contributed by atoms with van der Waals surface area (Å²) in [6, 6.07) is 9.75. The molecule has 0 atom stereocenters. The fraction of sp³-hybridized carbons (Fsp3) is 0.235. The van der Waals surface area contributed by atoms with Gasteiger partial charge in [-0.2, -0.15) is 0 Å². The van der Waals surface area contributed by atoms with Crippen LogP contribution < -0.4 is 19.9 Å². The van der Waals surface area contributed by atoms with Crippen molar-refractivity contribution in [2.45, 2.75) is 18.7 Å². The molecule has 25 heavy (non-hydrogen) atoms. The zero-order valence-corrected chi connectivity index (χ0v) is 15.0. The number of nitrogens with two attached hydrogens (primary N) is 1. The van der Waals surface area contributed by atoms with Crippen molar-refractivity contribution in [2.75, 3.05) is 19.0 Å². The number of hydrogen-bond donors (Lipinski definition) is 2. The molecule has 2 aromatic carbocycles. The molecule has 0 fully saturated rings. The van der Waals surface area contributed by atoms with E-state index < -0.39 is 15.9 Å². The smallest absolute Gasteiger partial charge is 0.262 e. The second kappa shape index (κ2) is 7.54. The summed E-state index contributed by atoms with van der Waals surface area (Å²) in [6.07, 6.45) is 0. The number of benzene rings is 2. The Morgan fingerprint density at radius 2 is 1.88 bits per heavy atom. The Morgan fingerprint density at radius 1 is 1.16 bits per heavy atom. The molecule has 0 aromatic heterocycles. The van der Waals surface area contributed by atoms with Crippen LogP contribution in [0.25, 0.3) is 0 Å².